The van der Waals surface area contributed by atoms with E-state index in [9.17, 15) is 5.11 Å². The van der Waals surface area contributed by atoms with Crippen LogP contribution in [0.25, 0.3) is 0 Å². The van der Waals surface area contributed by atoms with Gasteiger partial charge < -0.3 is 10.4 Å². The molecule has 2 N–H and O–H groups in total. The van der Waals surface area contributed by atoms with E-state index in [1.807, 2.05) is 28.4 Å². The lowest BCUT2D eigenvalue weighted by molar-refractivity contribution is 0.157. The summed E-state index contributed by atoms with van der Waals surface area (Å²) in [5.41, 5.74) is 2.90. The van der Waals surface area contributed by atoms with E-state index >= 15 is 0 Å². The van der Waals surface area contributed by atoms with Gasteiger partial charge in [0.2, 0.25) is 0 Å². The van der Waals surface area contributed by atoms with Gasteiger partial charge in [-0.05, 0) is 24.8 Å². The monoisotopic (exact) mass is 268 g/mol. The Labute approximate surface area is 109 Å². The molecule has 17 heavy (non-hydrogen) atoms. The van der Waals surface area contributed by atoms with Gasteiger partial charge in [-0.3, -0.25) is 0 Å². The molecule has 2 aromatic rings. The maximum atomic E-state index is 9.99. The first kappa shape index (κ1) is 12.7. The minimum absolute atomic E-state index is 0.272. The van der Waals surface area contributed by atoms with Gasteiger partial charge in [-0.25, -0.2) is 4.98 Å². The van der Waals surface area contributed by atoms with Crippen LogP contribution in [0.1, 0.15) is 30.0 Å². The van der Waals surface area contributed by atoms with Gasteiger partial charge in [0, 0.05) is 22.8 Å². The fourth-order valence-corrected chi connectivity index (χ4v) is 2.90. The Balaban J connectivity index is 1.75. The minimum Gasteiger partial charge on any atom is -0.388 e. The maximum absolute atomic E-state index is 9.99. The van der Waals surface area contributed by atoms with Crippen molar-refractivity contribution in [3.63, 3.8) is 0 Å². The SMILES string of the molecule is C[C@@H](C[C@H](O)c1cccs1)NCc1cscn1. The molecular weight excluding hydrogens is 252 g/mol. The van der Waals surface area contributed by atoms with E-state index in [0.717, 1.165) is 23.5 Å². The molecule has 5 heteroatoms. The van der Waals surface area contributed by atoms with Crippen LogP contribution in [-0.2, 0) is 6.54 Å². The van der Waals surface area contributed by atoms with E-state index in [4.69, 9.17) is 0 Å². The number of thiazole rings is 1. The molecule has 0 unspecified atom stereocenters. The second kappa shape index (κ2) is 6.26. The Hall–Kier alpha value is -0.750. The van der Waals surface area contributed by atoms with E-state index in [1.54, 1.807) is 22.7 Å². The average molecular weight is 268 g/mol. The van der Waals surface area contributed by atoms with Gasteiger partial charge >= 0.3 is 0 Å². The lowest BCUT2D eigenvalue weighted by Crippen LogP contribution is -2.27. The van der Waals surface area contributed by atoms with Crippen molar-refractivity contribution in [2.75, 3.05) is 0 Å². The Morgan fingerprint density at radius 2 is 2.41 bits per heavy atom. The third-order valence-electron chi connectivity index (χ3n) is 2.56. The van der Waals surface area contributed by atoms with Crippen LogP contribution in [0.3, 0.4) is 0 Å². The van der Waals surface area contributed by atoms with Crippen LogP contribution in [-0.4, -0.2) is 16.1 Å². The van der Waals surface area contributed by atoms with Gasteiger partial charge in [0.05, 0.1) is 17.3 Å². The zero-order chi connectivity index (χ0) is 12.1. The highest BCUT2D eigenvalue weighted by molar-refractivity contribution is 7.10. The standard InChI is InChI=1S/C12H16N2OS2/c1-9(13-6-10-7-16-8-14-10)5-11(15)12-3-2-4-17-12/h2-4,7-9,11,13,15H,5-6H2,1H3/t9-,11-/m0/s1. The summed E-state index contributed by atoms with van der Waals surface area (Å²) < 4.78 is 0. The number of rotatable bonds is 6. The fourth-order valence-electron chi connectivity index (χ4n) is 1.62. The first-order chi connectivity index (χ1) is 8.25. The summed E-state index contributed by atoms with van der Waals surface area (Å²) in [4.78, 5) is 5.25. The molecule has 0 amide bonds. The van der Waals surface area contributed by atoms with Crippen molar-refractivity contribution in [2.24, 2.45) is 0 Å². The van der Waals surface area contributed by atoms with Gasteiger partial charge in [-0.1, -0.05) is 6.07 Å². The summed E-state index contributed by atoms with van der Waals surface area (Å²) in [6.45, 7) is 2.85. The van der Waals surface area contributed by atoms with Gasteiger partial charge in [-0.15, -0.1) is 22.7 Å². The zero-order valence-electron chi connectivity index (χ0n) is 9.67. The fraction of sp³-hybridized carbons (Fsp3) is 0.417. The Morgan fingerprint density at radius 1 is 1.53 bits per heavy atom. The Morgan fingerprint density at radius 3 is 3.06 bits per heavy atom. The molecule has 0 radical (unpaired) electrons. The first-order valence-corrected chi connectivity index (χ1v) is 7.40. The predicted molar refractivity (Wildman–Crippen MR) is 72.3 cm³/mol. The number of hydrogen-bond donors (Lipinski definition) is 2. The summed E-state index contributed by atoms with van der Waals surface area (Å²) >= 11 is 3.20. The van der Waals surface area contributed by atoms with Crippen LogP contribution in [0.5, 0.6) is 0 Å². The molecule has 2 atom stereocenters. The molecule has 0 fully saturated rings. The van der Waals surface area contributed by atoms with E-state index in [-0.39, 0.29) is 12.1 Å². The summed E-state index contributed by atoms with van der Waals surface area (Å²) in [6.07, 6.45) is 0.359. The van der Waals surface area contributed by atoms with Crippen LogP contribution in [0.2, 0.25) is 0 Å². The molecule has 0 aliphatic carbocycles. The Kier molecular flexibility index (Phi) is 4.67. The lowest BCUT2D eigenvalue weighted by atomic mass is 10.1. The summed E-state index contributed by atoms with van der Waals surface area (Å²) in [6, 6.07) is 4.22. The molecule has 0 aliphatic rings. The van der Waals surface area contributed by atoms with Crippen LogP contribution in [0, 0.1) is 0 Å². The van der Waals surface area contributed by atoms with E-state index < -0.39 is 0 Å². The number of aliphatic hydroxyl groups is 1. The van der Waals surface area contributed by atoms with Crippen LogP contribution >= 0.6 is 22.7 Å². The third-order valence-corrected chi connectivity index (χ3v) is 4.17. The molecule has 2 aromatic heterocycles. The second-order valence-electron chi connectivity index (χ2n) is 4.03. The molecule has 92 valence electrons. The smallest absolute Gasteiger partial charge is 0.0896 e. The second-order valence-corrected chi connectivity index (χ2v) is 5.73. The average Bonchev–Trinajstić information content (AvgIpc) is 2.99. The molecule has 0 spiro atoms. The van der Waals surface area contributed by atoms with Crippen molar-refractivity contribution < 1.29 is 5.11 Å². The van der Waals surface area contributed by atoms with Gasteiger partial charge in [0.15, 0.2) is 0 Å². The molecule has 2 heterocycles. The number of hydrogen-bond acceptors (Lipinski definition) is 5. The number of thiophene rings is 1. The maximum Gasteiger partial charge on any atom is 0.0896 e. The molecule has 0 bridgehead atoms. The van der Waals surface area contributed by atoms with Crippen molar-refractivity contribution in [1.82, 2.24) is 10.3 Å². The molecule has 0 saturated carbocycles. The number of aliphatic hydroxyl groups excluding tert-OH is 1. The van der Waals surface area contributed by atoms with Crippen LogP contribution in [0.4, 0.5) is 0 Å². The third kappa shape index (κ3) is 3.89. The van der Waals surface area contributed by atoms with Crippen molar-refractivity contribution in [3.05, 3.63) is 39.0 Å². The lowest BCUT2D eigenvalue weighted by Gasteiger charge is -2.16. The largest absolute Gasteiger partial charge is 0.388 e. The molecule has 0 aliphatic heterocycles. The number of nitrogens with one attached hydrogen (secondary N) is 1. The summed E-state index contributed by atoms with van der Waals surface area (Å²) in [5, 5.41) is 17.4. The van der Waals surface area contributed by atoms with Gasteiger partial charge in [0.1, 0.15) is 0 Å². The van der Waals surface area contributed by atoms with Crippen molar-refractivity contribution in [3.8, 4) is 0 Å². The topological polar surface area (TPSA) is 45.1 Å². The van der Waals surface area contributed by atoms with Crippen molar-refractivity contribution in [2.45, 2.75) is 32.0 Å². The van der Waals surface area contributed by atoms with Crippen molar-refractivity contribution in [1.29, 1.82) is 0 Å². The van der Waals surface area contributed by atoms with Crippen LogP contribution < -0.4 is 5.32 Å². The highest BCUT2D eigenvalue weighted by Gasteiger charge is 2.12. The number of nitrogens with zero attached hydrogens (tertiary/aromatic N) is 1. The summed E-state index contributed by atoms with van der Waals surface area (Å²) in [7, 11) is 0. The minimum atomic E-state index is -0.368. The quantitative estimate of drug-likeness (QED) is 0.847. The molecule has 0 saturated heterocycles. The highest BCUT2D eigenvalue weighted by atomic mass is 32.1. The molecule has 2 rings (SSSR count). The van der Waals surface area contributed by atoms with E-state index in [0.29, 0.717) is 0 Å². The summed E-state index contributed by atoms with van der Waals surface area (Å²) in [5.74, 6) is 0. The molecule has 0 aromatic carbocycles. The van der Waals surface area contributed by atoms with E-state index in [1.165, 1.54) is 0 Å². The predicted octanol–water partition coefficient (Wildman–Crippen LogP) is 2.81. The van der Waals surface area contributed by atoms with Crippen molar-refractivity contribution >= 4 is 22.7 Å². The molecule has 3 nitrogen and oxygen atoms in total. The normalized spacial score (nSPS) is 14.7. The Bertz CT molecular complexity index is 414. The highest BCUT2D eigenvalue weighted by Crippen LogP contribution is 2.22. The molecular formula is C12H16N2OS2. The van der Waals surface area contributed by atoms with Crippen LogP contribution in [0.15, 0.2) is 28.4 Å². The van der Waals surface area contributed by atoms with Gasteiger partial charge in [0.25, 0.3) is 0 Å². The van der Waals surface area contributed by atoms with Gasteiger partial charge in [-0.2, -0.15) is 0 Å². The number of aromatic nitrogens is 1. The zero-order valence-corrected chi connectivity index (χ0v) is 11.3. The first-order valence-electron chi connectivity index (χ1n) is 5.57. The van der Waals surface area contributed by atoms with E-state index in [2.05, 4.69) is 17.2 Å².